The van der Waals surface area contributed by atoms with Crippen molar-refractivity contribution in [3.63, 3.8) is 0 Å². The van der Waals surface area contributed by atoms with Crippen molar-refractivity contribution in [1.82, 2.24) is 4.90 Å². The van der Waals surface area contributed by atoms with E-state index in [2.05, 4.69) is 19.0 Å². The van der Waals surface area contributed by atoms with E-state index in [1.165, 1.54) is 7.11 Å². The Morgan fingerprint density at radius 1 is 1.50 bits per heavy atom. The first-order chi connectivity index (χ1) is 8.45. The average Bonchev–Trinajstić information content (AvgIpc) is 2.83. The van der Waals surface area contributed by atoms with Crippen LogP contribution in [-0.2, 0) is 14.4 Å². The number of rotatable bonds is 3. The van der Waals surface area contributed by atoms with E-state index in [9.17, 15) is 4.79 Å². The summed E-state index contributed by atoms with van der Waals surface area (Å²) in [5.74, 6) is 0.0443. The van der Waals surface area contributed by atoms with E-state index in [1.807, 2.05) is 19.0 Å². The maximum Gasteiger partial charge on any atom is 0.355 e. The summed E-state index contributed by atoms with van der Waals surface area (Å²) in [6.45, 7) is 4.16. The minimum Gasteiger partial charge on any atom is -0.466 e. The van der Waals surface area contributed by atoms with Gasteiger partial charge in [0.25, 0.3) is 5.60 Å². The molecule has 1 aliphatic heterocycles. The van der Waals surface area contributed by atoms with Crippen LogP contribution >= 0.6 is 0 Å². The Morgan fingerprint density at radius 3 is 2.67 bits per heavy atom. The third kappa shape index (κ3) is 1.64. The van der Waals surface area contributed by atoms with Gasteiger partial charge in [0.05, 0.1) is 24.8 Å². The third-order valence-electron chi connectivity index (χ3n) is 4.12. The fraction of sp³-hybridized carbons (Fsp3) is 0.846. The smallest absolute Gasteiger partial charge is 0.355 e. The van der Waals surface area contributed by atoms with Gasteiger partial charge in [-0.25, -0.2) is 4.79 Å². The monoisotopic (exact) mass is 254 g/mol. The van der Waals surface area contributed by atoms with Crippen LogP contribution in [-0.4, -0.2) is 49.4 Å². The SMILES string of the molecule is COC(=O)C12ON=C(C(C)C)C1CCC2N(C)C. The van der Waals surface area contributed by atoms with Gasteiger partial charge in [-0.2, -0.15) is 0 Å². The van der Waals surface area contributed by atoms with Crippen molar-refractivity contribution in [2.45, 2.75) is 38.3 Å². The number of nitrogens with zero attached hydrogens (tertiary/aromatic N) is 2. The fourth-order valence-corrected chi connectivity index (χ4v) is 3.29. The number of ether oxygens (including phenoxy) is 1. The van der Waals surface area contributed by atoms with Crippen LogP contribution in [0.25, 0.3) is 0 Å². The molecule has 1 fully saturated rings. The van der Waals surface area contributed by atoms with Gasteiger partial charge < -0.3 is 14.5 Å². The Labute approximate surface area is 108 Å². The number of oxime groups is 1. The second kappa shape index (κ2) is 4.53. The van der Waals surface area contributed by atoms with Crippen LogP contribution in [0.3, 0.4) is 0 Å². The maximum atomic E-state index is 12.3. The third-order valence-corrected chi connectivity index (χ3v) is 4.12. The minimum absolute atomic E-state index is 0.0231. The van der Waals surface area contributed by atoms with Crippen molar-refractivity contribution in [2.24, 2.45) is 17.0 Å². The average molecular weight is 254 g/mol. The molecule has 0 bridgehead atoms. The van der Waals surface area contributed by atoms with Gasteiger partial charge >= 0.3 is 5.97 Å². The largest absolute Gasteiger partial charge is 0.466 e. The standard InChI is InChI=1S/C13H22N2O3/c1-8(2)11-9-6-7-10(15(3)4)13(9,18-14-11)12(16)17-5/h8-10H,6-7H2,1-5H3. The van der Waals surface area contributed by atoms with Gasteiger partial charge in [-0.3, -0.25) is 0 Å². The number of carbonyl (C=O) groups is 1. The van der Waals surface area contributed by atoms with Gasteiger partial charge in [0.1, 0.15) is 0 Å². The van der Waals surface area contributed by atoms with Crippen LogP contribution < -0.4 is 0 Å². The van der Waals surface area contributed by atoms with Crippen LogP contribution in [0, 0.1) is 11.8 Å². The number of esters is 1. The van der Waals surface area contributed by atoms with E-state index < -0.39 is 5.60 Å². The topological polar surface area (TPSA) is 51.1 Å². The van der Waals surface area contributed by atoms with E-state index in [-0.39, 0.29) is 17.9 Å². The second-order valence-corrected chi connectivity index (χ2v) is 5.66. The molecule has 0 N–H and O–H groups in total. The Balaban J connectivity index is 2.38. The molecule has 1 aliphatic carbocycles. The Kier molecular flexibility index (Phi) is 3.36. The van der Waals surface area contributed by atoms with Crippen LogP contribution in [0.4, 0.5) is 0 Å². The van der Waals surface area contributed by atoms with E-state index in [1.54, 1.807) is 0 Å². The van der Waals surface area contributed by atoms with Crippen molar-refractivity contribution >= 4 is 11.7 Å². The Hall–Kier alpha value is -1.10. The molecule has 0 amide bonds. The van der Waals surface area contributed by atoms with Crippen molar-refractivity contribution in [3.8, 4) is 0 Å². The summed E-state index contributed by atoms with van der Waals surface area (Å²) in [5, 5.41) is 4.18. The number of fused-ring (bicyclic) bond motifs is 1. The van der Waals surface area contributed by atoms with Crippen molar-refractivity contribution in [1.29, 1.82) is 0 Å². The summed E-state index contributed by atoms with van der Waals surface area (Å²) in [5.41, 5.74) is 0.0578. The predicted octanol–water partition coefficient (Wildman–Crippen LogP) is 1.28. The summed E-state index contributed by atoms with van der Waals surface area (Å²) >= 11 is 0. The number of likely N-dealkylation sites (N-methyl/N-ethyl adjacent to an activating group) is 1. The number of carbonyl (C=O) groups excluding carboxylic acids is 1. The molecule has 5 nitrogen and oxygen atoms in total. The molecule has 1 heterocycles. The predicted molar refractivity (Wildman–Crippen MR) is 68.3 cm³/mol. The lowest BCUT2D eigenvalue weighted by Crippen LogP contribution is -2.56. The van der Waals surface area contributed by atoms with Crippen LogP contribution in [0.5, 0.6) is 0 Å². The molecular formula is C13H22N2O3. The summed E-state index contributed by atoms with van der Waals surface area (Å²) in [7, 11) is 5.35. The van der Waals surface area contributed by atoms with Crippen LogP contribution in [0.15, 0.2) is 5.16 Å². The zero-order chi connectivity index (χ0) is 13.5. The molecule has 5 heteroatoms. The highest BCUT2D eigenvalue weighted by Gasteiger charge is 2.65. The first kappa shape index (κ1) is 13.3. The lowest BCUT2D eigenvalue weighted by Gasteiger charge is -2.34. The molecule has 102 valence electrons. The Morgan fingerprint density at radius 2 is 2.17 bits per heavy atom. The zero-order valence-corrected chi connectivity index (χ0v) is 11.8. The molecule has 0 saturated heterocycles. The molecule has 0 radical (unpaired) electrons. The van der Waals surface area contributed by atoms with Gasteiger partial charge in [-0.05, 0) is 32.9 Å². The maximum absolute atomic E-state index is 12.3. The molecule has 2 rings (SSSR count). The van der Waals surface area contributed by atoms with E-state index >= 15 is 0 Å². The Bertz CT molecular complexity index is 378. The molecular weight excluding hydrogens is 232 g/mol. The fourth-order valence-electron chi connectivity index (χ4n) is 3.29. The minimum atomic E-state index is -0.933. The van der Waals surface area contributed by atoms with E-state index in [0.29, 0.717) is 5.92 Å². The normalized spacial score (nSPS) is 34.5. The molecule has 1 saturated carbocycles. The van der Waals surface area contributed by atoms with E-state index in [0.717, 1.165) is 18.6 Å². The highest BCUT2D eigenvalue weighted by molar-refractivity contribution is 5.98. The molecule has 3 atom stereocenters. The van der Waals surface area contributed by atoms with Crippen molar-refractivity contribution < 1.29 is 14.4 Å². The molecule has 0 aromatic heterocycles. The number of hydrogen-bond donors (Lipinski definition) is 0. The summed E-state index contributed by atoms with van der Waals surface area (Å²) in [6, 6.07) is 0.0231. The second-order valence-electron chi connectivity index (χ2n) is 5.66. The zero-order valence-electron chi connectivity index (χ0n) is 11.8. The molecule has 0 aromatic rings. The van der Waals surface area contributed by atoms with Crippen molar-refractivity contribution in [2.75, 3.05) is 21.2 Å². The van der Waals surface area contributed by atoms with Crippen LogP contribution in [0.2, 0.25) is 0 Å². The van der Waals surface area contributed by atoms with E-state index in [4.69, 9.17) is 9.57 Å². The number of hydrogen-bond acceptors (Lipinski definition) is 5. The van der Waals surface area contributed by atoms with Gasteiger partial charge in [-0.1, -0.05) is 19.0 Å². The molecule has 3 unspecified atom stereocenters. The lowest BCUT2D eigenvalue weighted by molar-refractivity contribution is -0.175. The quantitative estimate of drug-likeness (QED) is 0.712. The van der Waals surface area contributed by atoms with Gasteiger partial charge in [0, 0.05) is 0 Å². The summed E-state index contributed by atoms with van der Waals surface area (Å²) in [4.78, 5) is 19.9. The van der Waals surface area contributed by atoms with Gasteiger partial charge in [0.15, 0.2) is 0 Å². The highest BCUT2D eigenvalue weighted by atomic mass is 16.7. The first-order valence-electron chi connectivity index (χ1n) is 6.46. The van der Waals surface area contributed by atoms with Crippen molar-refractivity contribution in [3.05, 3.63) is 0 Å². The highest BCUT2D eigenvalue weighted by Crippen LogP contribution is 2.47. The van der Waals surface area contributed by atoms with Gasteiger partial charge in [-0.15, -0.1) is 0 Å². The number of methoxy groups -OCH3 is 1. The van der Waals surface area contributed by atoms with Gasteiger partial charge in [0.2, 0.25) is 0 Å². The molecule has 18 heavy (non-hydrogen) atoms. The molecule has 2 aliphatic rings. The lowest BCUT2D eigenvalue weighted by atomic mass is 9.81. The summed E-state index contributed by atoms with van der Waals surface area (Å²) in [6.07, 6.45) is 1.85. The first-order valence-corrected chi connectivity index (χ1v) is 6.46. The molecule has 0 aromatic carbocycles. The summed E-state index contributed by atoms with van der Waals surface area (Å²) < 4.78 is 4.98. The molecule has 0 spiro atoms. The van der Waals surface area contributed by atoms with Crippen LogP contribution in [0.1, 0.15) is 26.7 Å².